The van der Waals surface area contributed by atoms with Crippen LogP contribution in [0.5, 0.6) is 0 Å². The van der Waals surface area contributed by atoms with Gasteiger partial charge >= 0.3 is 0 Å². The molecule has 0 aliphatic carbocycles. The molecule has 1 aromatic carbocycles. The summed E-state index contributed by atoms with van der Waals surface area (Å²) in [5.74, 6) is 0. The highest BCUT2D eigenvalue weighted by Crippen LogP contribution is 2.19. The number of nitrogens with one attached hydrogen (secondary N) is 1. The second kappa shape index (κ2) is 7.08. The molecular formula is C16H26N2O3S. The van der Waals surface area contributed by atoms with E-state index in [1.165, 1.54) is 4.31 Å². The number of nitrogens with zero attached hydrogens (tertiary/aromatic N) is 1. The van der Waals surface area contributed by atoms with E-state index >= 15 is 0 Å². The normalized spacial score (nSPS) is 17.6. The van der Waals surface area contributed by atoms with Crippen LogP contribution in [0.1, 0.15) is 32.8 Å². The van der Waals surface area contributed by atoms with E-state index in [1.807, 2.05) is 12.1 Å². The first-order chi connectivity index (χ1) is 10.3. The van der Waals surface area contributed by atoms with Gasteiger partial charge < -0.3 is 10.1 Å². The third-order valence-electron chi connectivity index (χ3n) is 4.16. The number of morpholine rings is 1. The molecule has 5 nitrogen and oxygen atoms in total. The SMILES string of the molecule is CCC(C)(C)NCc1cccc(S(=O)(=O)N2CCOCC2)c1. The lowest BCUT2D eigenvalue weighted by Crippen LogP contribution is -2.40. The molecule has 0 radical (unpaired) electrons. The molecule has 1 aliphatic heterocycles. The van der Waals surface area contributed by atoms with Gasteiger partial charge in [-0.25, -0.2) is 8.42 Å². The van der Waals surface area contributed by atoms with Crippen LogP contribution in [-0.4, -0.2) is 44.6 Å². The molecule has 1 aromatic rings. The van der Waals surface area contributed by atoms with Gasteiger partial charge in [0.15, 0.2) is 0 Å². The van der Waals surface area contributed by atoms with Crippen molar-refractivity contribution in [3.05, 3.63) is 29.8 Å². The number of hydrogen-bond donors (Lipinski definition) is 1. The minimum atomic E-state index is -3.42. The zero-order chi connectivity index (χ0) is 16.2. The Morgan fingerprint density at radius 1 is 1.27 bits per heavy atom. The van der Waals surface area contributed by atoms with Gasteiger partial charge in [-0.05, 0) is 38.0 Å². The number of benzene rings is 1. The highest BCUT2D eigenvalue weighted by molar-refractivity contribution is 7.89. The lowest BCUT2D eigenvalue weighted by Gasteiger charge is -2.27. The van der Waals surface area contributed by atoms with Gasteiger partial charge in [-0.2, -0.15) is 4.31 Å². The summed E-state index contributed by atoms with van der Waals surface area (Å²) >= 11 is 0. The smallest absolute Gasteiger partial charge is 0.243 e. The topological polar surface area (TPSA) is 58.6 Å². The lowest BCUT2D eigenvalue weighted by atomic mass is 10.0. The first kappa shape index (κ1) is 17.4. The maximum atomic E-state index is 12.6. The van der Waals surface area contributed by atoms with Crippen molar-refractivity contribution >= 4 is 10.0 Å². The molecule has 2 rings (SSSR count). The van der Waals surface area contributed by atoms with Crippen LogP contribution in [0.15, 0.2) is 29.2 Å². The van der Waals surface area contributed by atoms with Crippen LogP contribution in [0.4, 0.5) is 0 Å². The summed E-state index contributed by atoms with van der Waals surface area (Å²) in [5.41, 5.74) is 1.02. The zero-order valence-electron chi connectivity index (χ0n) is 13.6. The lowest BCUT2D eigenvalue weighted by molar-refractivity contribution is 0.0730. The Morgan fingerprint density at radius 2 is 1.95 bits per heavy atom. The summed E-state index contributed by atoms with van der Waals surface area (Å²) in [6, 6.07) is 7.20. The first-order valence-electron chi connectivity index (χ1n) is 7.77. The van der Waals surface area contributed by atoms with Crippen LogP contribution in [0.3, 0.4) is 0 Å². The number of hydrogen-bond acceptors (Lipinski definition) is 4. The van der Waals surface area contributed by atoms with Crippen LogP contribution in [0.25, 0.3) is 0 Å². The van der Waals surface area contributed by atoms with Crippen molar-refractivity contribution in [3.8, 4) is 0 Å². The van der Waals surface area contributed by atoms with Gasteiger partial charge in [0.2, 0.25) is 10.0 Å². The molecule has 22 heavy (non-hydrogen) atoms. The average Bonchev–Trinajstić information content (AvgIpc) is 2.54. The second-order valence-electron chi connectivity index (χ2n) is 6.25. The van der Waals surface area contributed by atoms with Crippen LogP contribution in [0, 0.1) is 0 Å². The van der Waals surface area contributed by atoms with E-state index in [4.69, 9.17) is 4.74 Å². The monoisotopic (exact) mass is 326 g/mol. The molecule has 0 aromatic heterocycles. The number of sulfonamides is 1. The summed E-state index contributed by atoms with van der Waals surface area (Å²) < 4.78 is 32.0. The highest BCUT2D eigenvalue weighted by Gasteiger charge is 2.26. The zero-order valence-corrected chi connectivity index (χ0v) is 14.4. The quantitative estimate of drug-likeness (QED) is 0.868. The molecule has 1 saturated heterocycles. The number of ether oxygens (including phenoxy) is 1. The summed E-state index contributed by atoms with van der Waals surface area (Å²) in [6.45, 7) is 8.85. The van der Waals surface area contributed by atoms with Gasteiger partial charge in [0.05, 0.1) is 18.1 Å². The molecule has 0 unspecified atom stereocenters. The maximum absolute atomic E-state index is 12.6. The predicted octanol–water partition coefficient (Wildman–Crippen LogP) is 1.99. The summed E-state index contributed by atoms with van der Waals surface area (Å²) in [5, 5.41) is 3.45. The minimum Gasteiger partial charge on any atom is -0.379 e. The summed E-state index contributed by atoms with van der Waals surface area (Å²) in [4.78, 5) is 0.364. The Kier molecular flexibility index (Phi) is 5.60. The molecule has 1 aliphatic rings. The van der Waals surface area contributed by atoms with Gasteiger partial charge in [0.1, 0.15) is 0 Å². The molecule has 6 heteroatoms. The molecule has 1 heterocycles. The molecule has 0 saturated carbocycles. The predicted molar refractivity (Wildman–Crippen MR) is 87.2 cm³/mol. The van der Waals surface area contributed by atoms with Gasteiger partial charge in [-0.1, -0.05) is 19.1 Å². The maximum Gasteiger partial charge on any atom is 0.243 e. The average molecular weight is 326 g/mol. The van der Waals surface area contributed by atoms with Gasteiger partial charge in [-0.15, -0.1) is 0 Å². The van der Waals surface area contributed by atoms with E-state index < -0.39 is 10.0 Å². The molecule has 0 atom stereocenters. The molecule has 0 bridgehead atoms. The van der Waals surface area contributed by atoms with Gasteiger partial charge in [0.25, 0.3) is 0 Å². The van der Waals surface area contributed by atoms with E-state index in [9.17, 15) is 8.42 Å². The fraction of sp³-hybridized carbons (Fsp3) is 0.625. The third-order valence-corrected chi connectivity index (χ3v) is 6.06. The van der Waals surface area contributed by atoms with Crippen LogP contribution in [0.2, 0.25) is 0 Å². The summed E-state index contributed by atoms with van der Waals surface area (Å²) in [7, 11) is -3.42. The molecule has 0 amide bonds. The second-order valence-corrected chi connectivity index (χ2v) is 8.19. The Balaban J connectivity index is 2.13. The van der Waals surface area contributed by atoms with E-state index in [1.54, 1.807) is 12.1 Å². The number of rotatable bonds is 6. The van der Waals surface area contributed by atoms with Gasteiger partial charge in [0, 0.05) is 25.2 Å². The van der Waals surface area contributed by atoms with Crippen molar-refractivity contribution in [2.75, 3.05) is 26.3 Å². The Hall–Kier alpha value is -0.950. The largest absolute Gasteiger partial charge is 0.379 e. The Labute approximate surface area is 133 Å². The van der Waals surface area contributed by atoms with Crippen molar-refractivity contribution in [2.45, 2.75) is 44.2 Å². The van der Waals surface area contributed by atoms with Gasteiger partial charge in [-0.3, -0.25) is 0 Å². The third kappa shape index (κ3) is 4.29. The first-order valence-corrected chi connectivity index (χ1v) is 9.21. The van der Waals surface area contributed by atoms with Crippen LogP contribution >= 0.6 is 0 Å². The fourth-order valence-electron chi connectivity index (χ4n) is 2.22. The van der Waals surface area contributed by atoms with E-state index in [2.05, 4.69) is 26.1 Å². The van der Waals surface area contributed by atoms with Crippen molar-refractivity contribution in [2.24, 2.45) is 0 Å². The van der Waals surface area contributed by atoms with Crippen molar-refractivity contribution in [3.63, 3.8) is 0 Å². The van der Waals surface area contributed by atoms with Crippen LogP contribution in [-0.2, 0) is 21.3 Å². The van der Waals surface area contributed by atoms with Crippen molar-refractivity contribution < 1.29 is 13.2 Å². The van der Waals surface area contributed by atoms with E-state index in [0.29, 0.717) is 37.7 Å². The van der Waals surface area contributed by atoms with Crippen molar-refractivity contribution in [1.29, 1.82) is 0 Å². The van der Waals surface area contributed by atoms with Crippen LogP contribution < -0.4 is 5.32 Å². The Morgan fingerprint density at radius 3 is 2.59 bits per heavy atom. The molecule has 1 fully saturated rings. The highest BCUT2D eigenvalue weighted by atomic mass is 32.2. The van der Waals surface area contributed by atoms with E-state index in [0.717, 1.165) is 12.0 Å². The van der Waals surface area contributed by atoms with E-state index in [-0.39, 0.29) is 5.54 Å². The molecule has 124 valence electrons. The Bertz CT molecular complexity index is 593. The molecule has 0 spiro atoms. The molecule has 1 N–H and O–H groups in total. The fourth-order valence-corrected chi connectivity index (χ4v) is 3.70. The molecular weight excluding hydrogens is 300 g/mol. The minimum absolute atomic E-state index is 0.0408. The van der Waals surface area contributed by atoms with Crippen molar-refractivity contribution in [1.82, 2.24) is 9.62 Å². The standard InChI is InChI=1S/C16H26N2O3S/c1-4-16(2,3)17-13-14-6-5-7-15(12-14)22(19,20)18-8-10-21-11-9-18/h5-7,12,17H,4,8-11,13H2,1-3H3. The summed E-state index contributed by atoms with van der Waals surface area (Å²) in [6.07, 6.45) is 1.01.